The van der Waals surface area contributed by atoms with Gasteiger partial charge in [0.1, 0.15) is 0 Å². The van der Waals surface area contributed by atoms with E-state index in [4.69, 9.17) is 11.6 Å². The molecular weight excluding hydrogens is 376 g/mol. The maximum atomic E-state index is 10.7. The van der Waals surface area contributed by atoms with Crippen molar-refractivity contribution in [2.24, 2.45) is 52.3 Å². The molecule has 0 aromatic heterocycles. The van der Waals surface area contributed by atoms with Gasteiger partial charge in [-0.2, -0.15) is 0 Å². The summed E-state index contributed by atoms with van der Waals surface area (Å²) in [6.45, 7) is 10.3. The first-order valence-corrected chi connectivity index (χ1v) is 13.5. The maximum Gasteiger partial charge on any atom is 0.0507 e. The largest absolute Gasteiger partial charge is 0.396 e. The van der Waals surface area contributed by atoms with Crippen LogP contribution in [0.2, 0.25) is 0 Å². The van der Waals surface area contributed by atoms with Gasteiger partial charge in [-0.25, -0.2) is 0 Å². The summed E-state index contributed by atoms with van der Waals surface area (Å²) in [5.41, 5.74) is 0.573. The second-order valence-corrected chi connectivity index (χ2v) is 12.9. The summed E-state index contributed by atoms with van der Waals surface area (Å²) < 4.78 is 0. The minimum atomic E-state index is 0.0328. The molecule has 4 aliphatic carbocycles. The minimum absolute atomic E-state index is 0.0328. The Labute approximate surface area is 185 Å². The van der Waals surface area contributed by atoms with Crippen molar-refractivity contribution in [3.05, 3.63) is 0 Å². The number of rotatable bonds is 6. The lowest BCUT2D eigenvalue weighted by Crippen LogP contribution is -2.59. The number of halogens is 1. The van der Waals surface area contributed by atoms with Crippen LogP contribution >= 0.6 is 11.6 Å². The molecule has 0 bridgehead atoms. The second-order valence-electron chi connectivity index (χ2n) is 12.4. The monoisotopic (exact) mass is 422 g/mol. The Morgan fingerprint density at radius 1 is 0.931 bits per heavy atom. The Hall–Kier alpha value is 0.250. The summed E-state index contributed by atoms with van der Waals surface area (Å²) in [5.74, 6) is 5.70. The van der Waals surface area contributed by atoms with E-state index in [9.17, 15) is 5.11 Å². The molecule has 168 valence electrons. The number of alkyl halides is 1. The summed E-state index contributed by atoms with van der Waals surface area (Å²) in [4.78, 5) is 0. The molecule has 0 aromatic carbocycles. The molecule has 4 aliphatic rings. The van der Waals surface area contributed by atoms with Crippen LogP contribution in [-0.4, -0.2) is 17.1 Å². The van der Waals surface area contributed by atoms with E-state index < -0.39 is 0 Å². The van der Waals surface area contributed by atoms with Gasteiger partial charge in [-0.3, -0.25) is 0 Å². The topological polar surface area (TPSA) is 20.2 Å². The third-order valence-electron chi connectivity index (χ3n) is 10.8. The number of aliphatic hydroxyl groups excluding tert-OH is 1. The molecule has 29 heavy (non-hydrogen) atoms. The van der Waals surface area contributed by atoms with Gasteiger partial charge in [0.25, 0.3) is 0 Å². The zero-order valence-corrected chi connectivity index (χ0v) is 20.4. The molecule has 0 aliphatic heterocycles. The lowest BCUT2D eigenvalue weighted by atomic mass is 9.44. The molecule has 0 unspecified atom stereocenters. The van der Waals surface area contributed by atoms with Crippen LogP contribution in [-0.2, 0) is 0 Å². The van der Waals surface area contributed by atoms with Gasteiger partial charge in [-0.15, -0.1) is 11.6 Å². The number of hydrogen-bond donors (Lipinski definition) is 1. The van der Waals surface area contributed by atoms with Crippen LogP contribution in [0.4, 0.5) is 0 Å². The molecule has 9 atom stereocenters. The Bertz CT molecular complexity index is 561. The number of hydrogen-bond acceptors (Lipinski definition) is 1. The van der Waals surface area contributed by atoms with Crippen molar-refractivity contribution < 1.29 is 5.11 Å². The summed E-state index contributed by atoms with van der Waals surface area (Å²) in [6.07, 6.45) is 16.3. The average molecular weight is 423 g/mol. The average Bonchev–Trinajstić information content (AvgIpc) is 3.04. The van der Waals surface area contributed by atoms with Crippen molar-refractivity contribution in [1.82, 2.24) is 0 Å². The zero-order chi connectivity index (χ0) is 20.8. The molecule has 0 spiro atoms. The van der Waals surface area contributed by atoms with E-state index in [-0.39, 0.29) is 10.8 Å². The van der Waals surface area contributed by atoms with Crippen LogP contribution in [0.1, 0.15) is 105 Å². The van der Waals surface area contributed by atoms with E-state index >= 15 is 0 Å². The predicted octanol–water partition coefficient (Wildman–Crippen LogP) is 7.69. The normalized spacial score (nSPS) is 48.1. The van der Waals surface area contributed by atoms with Gasteiger partial charge in [-0.1, -0.05) is 53.4 Å². The van der Waals surface area contributed by atoms with Crippen LogP contribution in [0.3, 0.4) is 0 Å². The molecule has 0 aromatic rings. The van der Waals surface area contributed by atoms with Gasteiger partial charge in [0.05, 0.1) is 6.61 Å². The third-order valence-corrected chi connectivity index (χ3v) is 11.4. The summed E-state index contributed by atoms with van der Waals surface area (Å²) in [7, 11) is 0. The first-order chi connectivity index (χ1) is 13.8. The van der Waals surface area contributed by atoms with Crippen molar-refractivity contribution in [2.45, 2.75) is 110 Å². The fourth-order valence-electron chi connectivity index (χ4n) is 9.41. The highest BCUT2D eigenvalue weighted by atomic mass is 35.5. The van der Waals surface area contributed by atoms with Crippen LogP contribution in [0.25, 0.3) is 0 Å². The maximum absolute atomic E-state index is 10.7. The predicted molar refractivity (Wildman–Crippen MR) is 124 cm³/mol. The molecule has 2 heteroatoms. The van der Waals surface area contributed by atoms with Crippen molar-refractivity contribution in [2.75, 3.05) is 6.61 Å². The highest BCUT2D eigenvalue weighted by Crippen LogP contribution is 2.68. The van der Waals surface area contributed by atoms with Gasteiger partial charge in [0.2, 0.25) is 0 Å². The molecule has 0 radical (unpaired) electrons. The van der Waals surface area contributed by atoms with Crippen LogP contribution in [0.5, 0.6) is 0 Å². The zero-order valence-electron chi connectivity index (χ0n) is 19.6. The van der Waals surface area contributed by atoms with Crippen molar-refractivity contribution in [3.8, 4) is 0 Å². The molecular formula is C27H47ClO. The third kappa shape index (κ3) is 3.63. The van der Waals surface area contributed by atoms with E-state index in [2.05, 4.69) is 27.7 Å². The van der Waals surface area contributed by atoms with Crippen molar-refractivity contribution >= 4 is 11.6 Å². The lowest BCUT2D eigenvalue weighted by Gasteiger charge is -2.62. The van der Waals surface area contributed by atoms with Crippen molar-refractivity contribution in [3.63, 3.8) is 0 Å². The van der Waals surface area contributed by atoms with E-state index in [1.807, 2.05) is 0 Å². The number of aliphatic hydroxyl groups is 1. The lowest BCUT2D eigenvalue weighted by molar-refractivity contribution is -0.139. The van der Waals surface area contributed by atoms with Gasteiger partial charge >= 0.3 is 0 Å². The van der Waals surface area contributed by atoms with E-state index in [1.165, 1.54) is 70.6 Å². The first-order valence-electron chi connectivity index (χ1n) is 13.1. The molecule has 0 amide bonds. The van der Waals surface area contributed by atoms with Gasteiger partial charge in [0.15, 0.2) is 0 Å². The fraction of sp³-hybridized carbons (Fsp3) is 1.00. The van der Waals surface area contributed by atoms with Crippen LogP contribution in [0.15, 0.2) is 0 Å². The minimum Gasteiger partial charge on any atom is -0.396 e. The molecule has 4 rings (SSSR count). The van der Waals surface area contributed by atoms with Gasteiger partial charge in [-0.05, 0) is 98.2 Å². The highest BCUT2D eigenvalue weighted by Gasteiger charge is 2.63. The van der Waals surface area contributed by atoms with Crippen LogP contribution in [0, 0.1) is 52.3 Å². The van der Waals surface area contributed by atoms with E-state index in [0.717, 1.165) is 36.0 Å². The summed E-state index contributed by atoms with van der Waals surface area (Å²) >= 11 is 7.05. The fourth-order valence-corrected chi connectivity index (χ4v) is 9.97. The van der Waals surface area contributed by atoms with E-state index in [0.29, 0.717) is 23.9 Å². The summed E-state index contributed by atoms with van der Waals surface area (Å²) in [6, 6.07) is 0. The smallest absolute Gasteiger partial charge is 0.0507 e. The Balaban J connectivity index is 1.51. The highest BCUT2D eigenvalue weighted by molar-refractivity contribution is 6.21. The SMILES string of the molecule is CC(C)CCC[C@@H](C)[C@H]1CC[C@H]2[C@@H]3CC[C@H]4CCC[C@@H](Cl)[C@]4(CO)[C@H]3CC[C@]12C. The molecule has 1 N–H and O–H groups in total. The molecule has 0 saturated heterocycles. The summed E-state index contributed by atoms with van der Waals surface area (Å²) in [5, 5.41) is 10.9. The standard InChI is InChI=1S/C27H47ClO/c1-18(2)7-5-8-19(3)22-13-14-23-21-12-11-20-9-6-10-25(28)27(20,17-29)24(21)15-16-26(22,23)4/h18-25,29H,5-17H2,1-4H3/t19-,20-,21+,22-,23+,24+,25-,26-,27+/m1/s1. The van der Waals surface area contributed by atoms with Crippen LogP contribution < -0.4 is 0 Å². The quantitative estimate of drug-likeness (QED) is 0.435. The Morgan fingerprint density at radius 3 is 2.45 bits per heavy atom. The molecule has 4 fully saturated rings. The Kier molecular flexibility index (Phi) is 6.69. The molecule has 0 heterocycles. The molecule has 4 saturated carbocycles. The Morgan fingerprint density at radius 2 is 1.72 bits per heavy atom. The molecule has 1 nitrogen and oxygen atoms in total. The first kappa shape index (κ1) is 22.4. The second kappa shape index (κ2) is 8.65. The van der Waals surface area contributed by atoms with Gasteiger partial charge < -0.3 is 5.11 Å². The van der Waals surface area contributed by atoms with Gasteiger partial charge in [0, 0.05) is 10.8 Å². The van der Waals surface area contributed by atoms with E-state index in [1.54, 1.807) is 0 Å². The number of fused-ring (bicyclic) bond motifs is 5. The van der Waals surface area contributed by atoms with Crippen molar-refractivity contribution in [1.29, 1.82) is 0 Å².